The average molecular weight is 241 g/mol. The third-order valence-electron chi connectivity index (χ3n) is 1.97. The molecule has 0 radical (unpaired) electrons. The van der Waals surface area contributed by atoms with Crippen molar-refractivity contribution in [3.8, 4) is 5.88 Å². The number of carboxylic acid groups (broad SMARTS) is 1. The highest BCUT2D eigenvalue weighted by Crippen LogP contribution is 2.12. The van der Waals surface area contributed by atoms with E-state index >= 15 is 0 Å². The highest BCUT2D eigenvalue weighted by atomic mass is 16.5. The number of nitrogens with one attached hydrogen (secondary N) is 1. The summed E-state index contributed by atoms with van der Waals surface area (Å²) < 4.78 is 9.76. The SMILES string of the molecule is COCC(Nc1nc(C)cc(OC)n1)C(=O)O. The largest absolute Gasteiger partial charge is 0.481 e. The molecule has 0 saturated carbocycles. The van der Waals surface area contributed by atoms with Crippen LogP contribution in [0.2, 0.25) is 0 Å². The lowest BCUT2D eigenvalue weighted by atomic mass is 10.3. The Labute approximate surface area is 98.8 Å². The average Bonchev–Trinajstić information content (AvgIpc) is 2.27. The van der Waals surface area contributed by atoms with E-state index < -0.39 is 12.0 Å². The molecular formula is C10H15N3O4. The molecule has 1 unspecified atom stereocenters. The lowest BCUT2D eigenvalue weighted by molar-refractivity contribution is -0.139. The summed E-state index contributed by atoms with van der Waals surface area (Å²) in [5.41, 5.74) is 0.681. The minimum absolute atomic E-state index is 0.0228. The molecule has 1 aromatic heterocycles. The summed E-state index contributed by atoms with van der Waals surface area (Å²) in [5.74, 6) is -0.455. The molecular weight excluding hydrogens is 226 g/mol. The first-order valence-electron chi connectivity index (χ1n) is 4.94. The van der Waals surface area contributed by atoms with Gasteiger partial charge in [-0.1, -0.05) is 0 Å². The summed E-state index contributed by atoms with van der Waals surface area (Å²) in [6, 6.07) is 0.753. The molecule has 0 spiro atoms. The number of aryl methyl sites for hydroxylation is 1. The minimum Gasteiger partial charge on any atom is -0.481 e. The number of hydrogen-bond donors (Lipinski definition) is 2. The predicted molar refractivity (Wildman–Crippen MR) is 60.2 cm³/mol. The molecule has 7 nitrogen and oxygen atoms in total. The van der Waals surface area contributed by atoms with Gasteiger partial charge in [-0.05, 0) is 6.92 Å². The molecule has 0 aliphatic heterocycles. The first kappa shape index (κ1) is 13.2. The van der Waals surface area contributed by atoms with Crippen molar-refractivity contribution < 1.29 is 19.4 Å². The summed E-state index contributed by atoms with van der Waals surface area (Å²) in [6.45, 7) is 1.79. The fourth-order valence-electron chi connectivity index (χ4n) is 1.21. The van der Waals surface area contributed by atoms with Crippen LogP contribution in [0.25, 0.3) is 0 Å². The fourth-order valence-corrected chi connectivity index (χ4v) is 1.21. The second-order valence-corrected chi connectivity index (χ2v) is 3.37. The van der Waals surface area contributed by atoms with Crippen LogP contribution < -0.4 is 10.1 Å². The minimum atomic E-state index is -1.03. The van der Waals surface area contributed by atoms with Crippen LogP contribution in [0.15, 0.2) is 6.07 Å². The van der Waals surface area contributed by atoms with Crippen LogP contribution in [0.4, 0.5) is 5.95 Å². The second-order valence-electron chi connectivity index (χ2n) is 3.37. The van der Waals surface area contributed by atoms with Crippen LogP contribution in [0.1, 0.15) is 5.69 Å². The Morgan fingerprint density at radius 2 is 2.24 bits per heavy atom. The smallest absolute Gasteiger partial charge is 0.328 e. The van der Waals surface area contributed by atoms with Crippen molar-refractivity contribution in [2.45, 2.75) is 13.0 Å². The number of ether oxygens (including phenoxy) is 2. The van der Waals surface area contributed by atoms with Gasteiger partial charge in [0.05, 0.1) is 13.7 Å². The number of aromatic nitrogens is 2. The van der Waals surface area contributed by atoms with Crippen molar-refractivity contribution in [3.05, 3.63) is 11.8 Å². The fraction of sp³-hybridized carbons (Fsp3) is 0.500. The van der Waals surface area contributed by atoms with Crippen molar-refractivity contribution in [1.82, 2.24) is 9.97 Å². The van der Waals surface area contributed by atoms with Crippen molar-refractivity contribution in [2.24, 2.45) is 0 Å². The van der Waals surface area contributed by atoms with Gasteiger partial charge in [0.2, 0.25) is 11.8 Å². The van der Waals surface area contributed by atoms with Crippen LogP contribution in [-0.2, 0) is 9.53 Å². The number of hydrogen-bond acceptors (Lipinski definition) is 6. The maximum Gasteiger partial charge on any atom is 0.328 e. The Balaban J connectivity index is 2.84. The number of carbonyl (C=O) groups is 1. The lowest BCUT2D eigenvalue weighted by Gasteiger charge is -2.14. The number of carboxylic acids is 1. The summed E-state index contributed by atoms with van der Waals surface area (Å²) in [7, 11) is 2.91. The maximum absolute atomic E-state index is 10.9. The molecule has 0 bridgehead atoms. The molecule has 7 heteroatoms. The molecule has 0 fully saturated rings. The number of anilines is 1. The summed E-state index contributed by atoms with van der Waals surface area (Å²) in [6.07, 6.45) is 0. The molecule has 0 aliphatic carbocycles. The first-order chi connectivity index (χ1) is 8.06. The molecule has 1 atom stereocenters. The quantitative estimate of drug-likeness (QED) is 0.740. The first-order valence-corrected chi connectivity index (χ1v) is 4.94. The zero-order valence-electron chi connectivity index (χ0n) is 9.93. The van der Waals surface area contributed by atoms with Gasteiger partial charge in [0, 0.05) is 18.9 Å². The van der Waals surface area contributed by atoms with E-state index in [9.17, 15) is 4.79 Å². The Morgan fingerprint density at radius 3 is 2.76 bits per heavy atom. The van der Waals surface area contributed by atoms with Crippen molar-refractivity contribution in [3.63, 3.8) is 0 Å². The summed E-state index contributed by atoms with van der Waals surface area (Å²) >= 11 is 0. The Morgan fingerprint density at radius 1 is 1.53 bits per heavy atom. The molecule has 0 aromatic carbocycles. The normalized spacial score (nSPS) is 11.9. The van der Waals surface area contributed by atoms with Gasteiger partial charge >= 0.3 is 5.97 Å². The van der Waals surface area contributed by atoms with Crippen LogP contribution in [0.3, 0.4) is 0 Å². The van der Waals surface area contributed by atoms with Crippen LogP contribution >= 0.6 is 0 Å². The number of rotatable bonds is 6. The third-order valence-corrected chi connectivity index (χ3v) is 1.97. The van der Waals surface area contributed by atoms with Gasteiger partial charge in [0.25, 0.3) is 0 Å². The van der Waals surface area contributed by atoms with E-state index in [1.807, 2.05) is 0 Å². The number of nitrogens with zero attached hydrogens (tertiary/aromatic N) is 2. The van der Waals surface area contributed by atoms with Crippen molar-refractivity contribution >= 4 is 11.9 Å². The Bertz CT molecular complexity index is 397. The molecule has 1 heterocycles. The highest BCUT2D eigenvalue weighted by molar-refractivity contribution is 5.76. The van der Waals surface area contributed by atoms with Gasteiger partial charge in [0.1, 0.15) is 0 Å². The third kappa shape index (κ3) is 3.87. The predicted octanol–water partition coefficient (Wildman–Crippen LogP) is 0.305. The van der Waals surface area contributed by atoms with E-state index in [-0.39, 0.29) is 12.6 Å². The van der Waals surface area contributed by atoms with E-state index in [1.165, 1.54) is 14.2 Å². The number of methoxy groups -OCH3 is 2. The molecule has 1 rings (SSSR count). The molecule has 0 saturated heterocycles. The van der Waals surface area contributed by atoms with Gasteiger partial charge in [-0.3, -0.25) is 0 Å². The molecule has 2 N–H and O–H groups in total. The maximum atomic E-state index is 10.9. The van der Waals surface area contributed by atoms with Crippen LogP contribution in [-0.4, -0.2) is 47.9 Å². The zero-order chi connectivity index (χ0) is 12.8. The van der Waals surface area contributed by atoms with Crippen LogP contribution in [0, 0.1) is 6.92 Å². The highest BCUT2D eigenvalue weighted by Gasteiger charge is 2.18. The van der Waals surface area contributed by atoms with Gasteiger partial charge in [0.15, 0.2) is 6.04 Å². The molecule has 0 amide bonds. The van der Waals surface area contributed by atoms with Gasteiger partial charge in [-0.15, -0.1) is 0 Å². The lowest BCUT2D eigenvalue weighted by Crippen LogP contribution is -2.34. The zero-order valence-corrected chi connectivity index (χ0v) is 9.93. The van der Waals surface area contributed by atoms with Gasteiger partial charge < -0.3 is 19.9 Å². The van der Waals surface area contributed by atoms with Gasteiger partial charge in [-0.25, -0.2) is 9.78 Å². The van der Waals surface area contributed by atoms with Crippen molar-refractivity contribution in [2.75, 3.05) is 26.1 Å². The van der Waals surface area contributed by atoms with E-state index in [2.05, 4.69) is 15.3 Å². The van der Waals surface area contributed by atoms with Crippen molar-refractivity contribution in [1.29, 1.82) is 0 Å². The van der Waals surface area contributed by atoms with E-state index in [1.54, 1.807) is 13.0 Å². The van der Waals surface area contributed by atoms with Crippen LogP contribution in [0.5, 0.6) is 5.88 Å². The number of aliphatic carboxylic acids is 1. The molecule has 94 valence electrons. The Kier molecular flexibility index (Phi) is 4.65. The van der Waals surface area contributed by atoms with Gasteiger partial charge in [-0.2, -0.15) is 4.98 Å². The van der Waals surface area contributed by atoms with E-state index in [0.717, 1.165) is 0 Å². The van der Waals surface area contributed by atoms with E-state index in [0.29, 0.717) is 11.6 Å². The standard InChI is InChI=1S/C10H15N3O4/c1-6-4-8(17-3)13-10(11-6)12-7(5-16-2)9(14)15/h4,7H,5H2,1-3H3,(H,14,15)(H,11,12,13). The molecule has 0 aliphatic rings. The summed E-state index contributed by atoms with van der Waals surface area (Å²) in [5, 5.41) is 11.6. The monoisotopic (exact) mass is 241 g/mol. The molecule has 1 aromatic rings. The topological polar surface area (TPSA) is 93.6 Å². The Hall–Kier alpha value is -1.89. The second kappa shape index (κ2) is 6.00. The summed E-state index contributed by atoms with van der Waals surface area (Å²) in [4.78, 5) is 19.0. The van der Waals surface area contributed by atoms with E-state index in [4.69, 9.17) is 14.6 Å². The molecule has 17 heavy (non-hydrogen) atoms.